The predicted octanol–water partition coefficient (Wildman–Crippen LogP) is 4.08. The van der Waals surface area contributed by atoms with E-state index >= 15 is 0 Å². The first-order valence-corrected chi connectivity index (χ1v) is 10.9. The van der Waals surface area contributed by atoms with E-state index in [1.165, 1.54) is 31.4 Å². The van der Waals surface area contributed by atoms with Crippen LogP contribution in [0.25, 0.3) is 22.4 Å². The molecule has 2 aromatic carbocycles. The Balaban J connectivity index is 1.80. The zero-order valence-corrected chi connectivity index (χ0v) is 18.8. The van der Waals surface area contributed by atoms with Gasteiger partial charge in [0, 0.05) is 30.8 Å². The number of phenolic OH excluding ortho intramolecular Hbond substituents is 1. The fourth-order valence-electron chi connectivity index (χ4n) is 4.20. The molecule has 1 aliphatic rings. The average molecular weight is 478 g/mol. The van der Waals surface area contributed by atoms with Crippen LogP contribution in [0.2, 0.25) is 0 Å². The molecule has 1 aliphatic heterocycles. The number of hydrogen-bond donors (Lipinski definition) is 4. The van der Waals surface area contributed by atoms with Gasteiger partial charge in [0.25, 0.3) is 0 Å². The Labute approximate surface area is 200 Å². The molecule has 2 heterocycles. The van der Waals surface area contributed by atoms with E-state index in [1.54, 1.807) is 24.3 Å². The van der Waals surface area contributed by atoms with E-state index in [9.17, 15) is 19.4 Å². The van der Waals surface area contributed by atoms with Crippen molar-refractivity contribution >= 4 is 11.9 Å². The van der Waals surface area contributed by atoms with Crippen LogP contribution in [0.5, 0.6) is 17.2 Å². The van der Waals surface area contributed by atoms with Crippen molar-refractivity contribution in [3.8, 4) is 45.7 Å². The lowest BCUT2D eigenvalue weighted by molar-refractivity contribution is 0.187. The number of amides is 1. The highest BCUT2D eigenvalue weighted by atomic mass is 19.1. The highest BCUT2D eigenvalue weighted by Gasteiger charge is 2.25. The predicted molar refractivity (Wildman–Crippen MR) is 126 cm³/mol. The molecule has 10 heteroatoms. The van der Waals surface area contributed by atoms with Crippen LogP contribution in [0.15, 0.2) is 42.5 Å². The summed E-state index contributed by atoms with van der Waals surface area (Å²) in [6.45, 7) is 1.00. The standard InChI is InChI=1S/C25H23FN4O5/c1-35-21-5-4-14(11-19(21)31)23-20(32)12-22(30-8-6-17(7-9-30)28-25(33)34)29-24(23)15-2-3-16(13-27)18(26)10-15/h2-5,10-12,17,28,31H,6-9H2,1H3,(H,29,32)(H,33,34). The van der Waals surface area contributed by atoms with Gasteiger partial charge >= 0.3 is 6.09 Å². The Morgan fingerprint density at radius 3 is 2.46 bits per heavy atom. The maximum atomic E-state index is 14.5. The van der Waals surface area contributed by atoms with Gasteiger partial charge in [-0.1, -0.05) is 12.1 Å². The lowest BCUT2D eigenvalue weighted by Gasteiger charge is -2.33. The SMILES string of the molecule is COc1ccc(-c2c(O)cc(N3CCC(NC(=O)O)CC3)nc2-c2ccc(C#N)c(F)c2)cc1O. The second-order valence-corrected chi connectivity index (χ2v) is 8.13. The Kier molecular flexibility index (Phi) is 6.59. The van der Waals surface area contributed by atoms with Crippen molar-refractivity contribution in [2.45, 2.75) is 18.9 Å². The molecule has 4 rings (SSSR count). The quantitative estimate of drug-likeness (QED) is 0.430. The van der Waals surface area contributed by atoms with Crippen LogP contribution < -0.4 is 15.0 Å². The normalized spacial score (nSPS) is 13.8. The Morgan fingerprint density at radius 2 is 1.86 bits per heavy atom. The monoisotopic (exact) mass is 478 g/mol. The lowest BCUT2D eigenvalue weighted by Crippen LogP contribution is -2.44. The molecule has 0 radical (unpaired) electrons. The van der Waals surface area contributed by atoms with Gasteiger partial charge in [-0.3, -0.25) is 0 Å². The minimum Gasteiger partial charge on any atom is -0.507 e. The summed E-state index contributed by atoms with van der Waals surface area (Å²) in [6, 6.07) is 11.8. The number of phenols is 1. The van der Waals surface area contributed by atoms with Gasteiger partial charge in [-0.2, -0.15) is 5.26 Å². The molecular weight excluding hydrogens is 455 g/mol. The Hall–Kier alpha value is -4.52. The second-order valence-electron chi connectivity index (χ2n) is 8.13. The molecule has 0 aliphatic carbocycles. The molecule has 0 bridgehead atoms. The van der Waals surface area contributed by atoms with Crippen molar-refractivity contribution in [1.29, 1.82) is 5.26 Å². The number of carboxylic acid groups (broad SMARTS) is 1. The molecule has 4 N–H and O–H groups in total. The highest BCUT2D eigenvalue weighted by Crippen LogP contribution is 2.42. The van der Waals surface area contributed by atoms with E-state index in [0.717, 1.165) is 0 Å². The molecule has 1 saturated heterocycles. The first-order chi connectivity index (χ1) is 16.8. The number of rotatable bonds is 5. The van der Waals surface area contributed by atoms with Crippen molar-refractivity contribution in [2.75, 3.05) is 25.1 Å². The number of pyridine rings is 1. The summed E-state index contributed by atoms with van der Waals surface area (Å²) < 4.78 is 19.6. The largest absolute Gasteiger partial charge is 0.507 e. The van der Waals surface area contributed by atoms with Crippen molar-refractivity contribution in [3.05, 3.63) is 53.8 Å². The third-order valence-electron chi connectivity index (χ3n) is 5.96. The van der Waals surface area contributed by atoms with Gasteiger partial charge in [0.2, 0.25) is 0 Å². The topological polar surface area (TPSA) is 139 Å². The third kappa shape index (κ3) is 4.89. The summed E-state index contributed by atoms with van der Waals surface area (Å²) in [5.41, 5.74) is 1.19. The average Bonchev–Trinajstić information content (AvgIpc) is 2.83. The molecule has 180 valence electrons. The van der Waals surface area contributed by atoms with E-state index in [4.69, 9.17) is 20.1 Å². The number of aromatic nitrogens is 1. The number of aromatic hydroxyl groups is 2. The first-order valence-electron chi connectivity index (χ1n) is 10.9. The fraction of sp³-hybridized carbons (Fsp3) is 0.240. The number of halogens is 1. The third-order valence-corrected chi connectivity index (χ3v) is 5.96. The second kappa shape index (κ2) is 9.77. The molecule has 35 heavy (non-hydrogen) atoms. The van der Waals surface area contributed by atoms with Crippen LogP contribution in [0.4, 0.5) is 15.0 Å². The Morgan fingerprint density at radius 1 is 1.14 bits per heavy atom. The number of piperidine rings is 1. The van der Waals surface area contributed by atoms with Gasteiger partial charge in [0.05, 0.1) is 23.9 Å². The summed E-state index contributed by atoms with van der Waals surface area (Å²) in [5, 5.41) is 41.9. The first kappa shape index (κ1) is 23.6. The number of nitrogens with zero attached hydrogens (tertiary/aromatic N) is 3. The van der Waals surface area contributed by atoms with Gasteiger partial charge < -0.3 is 30.3 Å². The number of methoxy groups -OCH3 is 1. The van der Waals surface area contributed by atoms with Gasteiger partial charge in [0.1, 0.15) is 23.5 Å². The number of carbonyl (C=O) groups is 1. The number of nitriles is 1. The number of anilines is 1. The number of ether oxygens (including phenoxy) is 1. The van der Waals surface area contributed by atoms with E-state index in [1.807, 2.05) is 4.90 Å². The van der Waals surface area contributed by atoms with E-state index < -0.39 is 11.9 Å². The van der Waals surface area contributed by atoms with Crippen LogP contribution in [0, 0.1) is 17.1 Å². The lowest BCUT2D eigenvalue weighted by atomic mass is 9.96. The van der Waals surface area contributed by atoms with Gasteiger partial charge in [-0.15, -0.1) is 0 Å². The van der Waals surface area contributed by atoms with Gasteiger partial charge in [0.15, 0.2) is 11.5 Å². The maximum Gasteiger partial charge on any atom is 0.404 e. The van der Waals surface area contributed by atoms with E-state index in [-0.39, 0.29) is 40.1 Å². The summed E-state index contributed by atoms with van der Waals surface area (Å²) in [4.78, 5) is 17.6. The highest BCUT2D eigenvalue weighted by molar-refractivity contribution is 5.87. The van der Waals surface area contributed by atoms with Crippen LogP contribution in [0.3, 0.4) is 0 Å². The summed E-state index contributed by atoms with van der Waals surface area (Å²) in [5.74, 6) is -0.302. The van der Waals surface area contributed by atoms with E-state index in [2.05, 4.69) is 5.32 Å². The smallest absolute Gasteiger partial charge is 0.404 e. The fourth-order valence-corrected chi connectivity index (χ4v) is 4.20. The summed E-state index contributed by atoms with van der Waals surface area (Å²) >= 11 is 0. The van der Waals surface area contributed by atoms with E-state index in [0.29, 0.717) is 42.9 Å². The summed E-state index contributed by atoms with van der Waals surface area (Å²) in [6.07, 6.45) is 0.0457. The molecule has 0 saturated carbocycles. The van der Waals surface area contributed by atoms with Crippen LogP contribution in [0.1, 0.15) is 18.4 Å². The van der Waals surface area contributed by atoms with Crippen molar-refractivity contribution in [1.82, 2.24) is 10.3 Å². The maximum absolute atomic E-state index is 14.5. The van der Waals surface area contributed by atoms with Crippen LogP contribution in [-0.2, 0) is 0 Å². The van der Waals surface area contributed by atoms with Crippen LogP contribution >= 0.6 is 0 Å². The number of nitrogens with one attached hydrogen (secondary N) is 1. The number of hydrogen-bond acceptors (Lipinski definition) is 7. The Bertz CT molecular complexity index is 1320. The van der Waals surface area contributed by atoms with Crippen molar-refractivity contribution in [2.24, 2.45) is 0 Å². The zero-order valence-electron chi connectivity index (χ0n) is 18.8. The van der Waals surface area contributed by atoms with Crippen molar-refractivity contribution in [3.63, 3.8) is 0 Å². The molecule has 0 atom stereocenters. The molecule has 0 unspecified atom stereocenters. The molecular formula is C25H23FN4O5. The van der Waals surface area contributed by atoms with Crippen molar-refractivity contribution < 1.29 is 29.2 Å². The number of benzene rings is 2. The zero-order chi connectivity index (χ0) is 25.1. The molecule has 1 aromatic heterocycles. The molecule has 1 fully saturated rings. The summed E-state index contributed by atoms with van der Waals surface area (Å²) in [7, 11) is 1.42. The minimum absolute atomic E-state index is 0.120. The molecule has 9 nitrogen and oxygen atoms in total. The van der Waals surface area contributed by atoms with Crippen LogP contribution in [-0.4, -0.2) is 52.6 Å². The van der Waals surface area contributed by atoms with Gasteiger partial charge in [-0.05, 0) is 42.7 Å². The molecule has 3 aromatic rings. The van der Waals surface area contributed by atoms with Gasteiger partial charge in [-0.25, -0.2) is 14.2 Å². The minimum atomic E-state index is -1.07. The molecule has 0 spiro atoms. The molecule has 1 amide bonds.